The fourth-order valence-corrected chi connectivity index (χ4v) is 1.68. The molecule has 5 heteroatoms. The van der Waals surface area contributed by atoms with Crippen LogP contribution in [0.3, 0.4) is 0 Å². The van der Waals surface area contributed by atoms with Crippen LogP contribution in [0.1, 0.15) is 13.8 Å². The van der Waals surface area contributed by atoms with Crippen LogP contribution in [0, 0.1) is 5.82 Å². The molecule has 0 fully saturated rings. The Labute approximate surface area is 120 Å². The first-order chi connectivity index (χ1) is 9.49. The van der Waals surface area contributed by atoms with Crippen molar-refractivity contribution in [3.63, 3.8) is 0 Å². The second kappa shape index (κ2) is 8.89. The lowest BCUT2D eigenvalue weighted by atomic mass is 10.3. The lowest BCUT2D eigenvalue weighted by Crippen LogP contribution is -2.35. The van der Waals surface area contributed by atoms with Gasteiger partial charge in [-0.2, -0.15) is 0 Å². The molecular formula is C15H24FNO3. The molecule has 4 nitrogen and oxygen atoms in total. The van der Waals surface area contributed by atoms with E-state index in [0.29, 0.717) is 26.3 Å². The molecular weight excluding hydrogens is 261 g/mol. The summed E-state index contributed by atoms with van der Waals surface area (Å²) in [6.07, 6.45) is -0.421. The van der Waals surface area contributed by atoms with Gasteiger partial charge < -0.3 is 19.5 Å². The molecule has 0 saturated heterocycles. The largest absolute Gasteiger partial charge is 0.489 e. The highest BCUT2D eigenvalue weighted by Crippen LogP contribution is 2.14. The molecule has 0 radical (unpaired) electrons. The van der Waals surface area contributed by atoms with Gasteiger partial charge in [-0.1, -0.05) is 12.1 Å². The zero-order valence-corrected chi connectivity index (χ0v) is 12.4. The zero-order valence-electron chi connectivity index (χ0n) is 12.4. The number of para-hydroxylation sites is 1. The molecule has 0 aromatic heterocycles. The molecule has 1 atom stereocenters. The quantitative estimate of drug-likeness (QED) is 0.753. The summed E-state index contributed by atoms with van der Waals surface area (Å²) in [4.78, 5) is 1.93. The van der Waals surface area contributed by atoms with Crippen molar-refractivity contribution in [1.29, 1.82) is 0 Å². The summed E-state index contributed by atoms with van der Waals surface area (Å²) in [5.74, 6) is -0.106. The number of ether oxygens (including phenoxy) is 2. The maximum atomic E-state index is 13.3. The van der Waals surface area contributed by atoms with E-state index in [1.54, 1.807) is 18.2 Å². The van der Waals surface area contributed by atoms with Crippen LogP contribution in [0.4, 0.5) is 4.39 Å². The molecule has 0 heterocycles. The monoisotopic (exact) mass is 285 g/mol. The van der Waals surface area contributed by atoms with Gasteiger partial charge in [0.25, 0.3) is 0 Å². The average Bonchev–Trinajstić information content (AvgIpc) is 2.38. The average molecular weight is 285 g/mol. The highest BCUT2D eigenvalue weighted by molar-refractivity contribution is 5.23. The predicted molar refractivity (Wildman–Crippen MR) is 76.5 cm³/mol. The van der Waals surface area contributed by atoms with Crippen LogP contribution in [0.5, 0.6) is 5.75 Å². The summed E-state index contributed by atoms with van der Waals surface area (Å²) in [7, 11) is 1.88. The van der Waals surface area contributed by atoms with Crippen molar-refractivity contribution in [2.24, 2.45) is 0 Å². The number of likely N-dealkylation sites (N-methyl/N-ethyl adjacent to an activating group) is 1. The number of aliphatic hydroxyl groups is 1. The lowest BCUT2D eigenvalue weighted by Gasteiger charge is -2.21. The van der Waals surface area contributed by atoms with Crippen LogP contribution >= 0.6 is 0 Å². The van der Waals surface area contributed by atoms with Gasteiger partial charge in [0.1, 0.15) is 6.61 Å². The fraction of sp³-hybridized carbons (Fsp3) is 0.600. The number of benzene rings is 1. The SMILES string of the molecule is CC(C)OC[C@H](O)CN(C)CCOc1ccccc1F. The summed E-state index contributed by atoms with van der Waals surface area (Å²) >= 11 is 0. The molecule has 114 valence electrons. The Morgan fingerprint density at radius 3 is 2.65 bits per heavy atom. The number of rotatable bonds is 9. The second-order valence-electron chi connectivity index (χ2n) is 5.08. The molecule has 0 spiro atoms. The molecule has 0 saturated carbocycles. The first-order valence-corrected chi connectivity index (χ1v) is 6.84. The lowest BCUT2D eigenvalue weighted by molar-refractivity contribution is -0.00652. The van der Waals surface area contributed by atoms with Gasteiger partial charge in [-0.3, -0.25) is 0 Å². The maximum Gasteiger partial charge on any atom is 0.165 e. The third kappa shape index (κ3) is 6.84. The number of aliphatic hydroxyl groups excluding tert-OH is 1. The van der Waals surface area contributed by atoms with E-state index in [9.17, 15) is 9.50 Å². The Morgan fingerprint density at radius 2 is 2.00 bits per heavy atom. The molecule has 20 heavy (non-hydrogen) atoms. The molecule has 0 amide bonds. The van der Waals surface area contributed by atoms with E-state index < -0.39 is 6.10 Å². The molecule has 0 unspecified atom stereocenters. The number of hydrogen-bond acceptors (Lipinski definition) is 4. The molecule has 0 bridgehead atoms. The van der Waals surface area contributed by atoms with Crippen LogP contribution in [0.25, 0.3) is 0 Å². The van der Waals surface area contributed by atoms with Gasteiger partial charge >= 0.3 is 0 Å². The molecule has 1 aromatic rings. The summed E-state index contributed by atoms with van der Waals surface area (Å²) in [6.45, 7) is 5.64. The van der Waals surface area contributed by atoms with Gasteiger partial charge in [0.15, 0.2) is 11.6 Å². The van der Waals surface area contributed by atoms with E-state index in [2.05, 4.69) is 0 Å². The maximum absolute atomic E-state index is 13.3. The van der Waals surface area contributed by atoms with Crippen molar-refractivity contribution < 1.29 is 19.0 Å². The van der Waals surface area contributed by atoms with Gasteiger partial charge in [-0.15, -0.1) is 0 Å². The number of nitrogens with zero attached hydrogens (tertiary/aromatic N) is 1. The van der Waals surface area contributed by atoms with E-state index >= 15 is 0 Å². The number of hydrogen-bond donors (Lipinski definition) is 1. The minimum absolute atomic E-state index is 0.111. The zero-order chi connectivity index (χ0) is 15.0. The van der Waals surface area contributed by atoms with E-state index in [1.165, 1.54) is 6.07 Å². The van der Waals surface area contributed by atoms with Crippen molar-refractivity contribution >= 4 is 0 Å². The molecule has 1 rings (SSSR count). The topological polar surface area (TPSA) is 41.9 Å². The second-order valence-corrected chi connectivity index (χ2v) is 5.08. The van der Waals surface area contributed by atoms with Crippen LogP contribution in [0.2, 0.25) is 0 Å². The molecule has 1 aromatic carbocycles. The highest BCUT2D eigenvalue weighted by Gasteiger charge is 2.10. The minimum Gasteiger partial charge on any atom is -0.489 e. The van der Waals surface area contributed by atoms with Crippen molar-refractivity contribution in [3.8, 4) is 5.75 Å². The standard InChI is InChI=1S/C15H24FNO3/c1-12(2)20-11-13(18)10-17(3)8-9-19-15-7-5-4-6-14(15)16/h4-7,12-13,18H,8-11H2,1-3H3/t13-/m1/s1. The molecule has 0 aliphatic rings. The summed E-state index contributed by atoms with van der Waals surface area (Å²) in [5, 5.41) is 9.76. The van der Waals surface area contributed by atoms with Crippen LogP contribution in [-0.2, 0) is 4.74 Å². The predicted octanol–water partition coefficient (Wildman–Crippen LogP) is 1.92. The van der Waals surface area contributed by atoms with Crippen molar-refractivity contribution in [2.45, 2.75) is 26.1 Å². The van der Waals surface area contributed by atoms with Crippen LogP contribution in [0.15, 0.2) is 24.3 Å². The normalized spacial score (nSPS) is 12.9. The highest BCUT2D eigenvalue weighted by atomic mass is 19.1. The van der Waals surface area contributed by atoms with Crippen LogP contribution < -0.4 is 4.74 Å². The van der Waals surface area contributed by atoms with E-state index in [1.807, 2.05) is 25.8 Å². The smallest absolute Gasteiger partial charge is 0.165 e. The van der Waals surface area contributed by atoms with Gasteiger partial charge in [0.2, 0.25) is 0 Å². The molecule has 0 aliphatic carbocycles. The fourth-order valence-electron chi connectivity index (χ4n) is 1.68. The Bertz CT molecular complexity index is 387. The van der Waals surface area contributed by atoms with Gasteiger partial charge in [-0.05, 0) is 33.0 Å². The molecule has 0 aliphatic heterocycles. The Kier molecular flexibility index (Phi) is 7.51. The first-order valence-electron chi connectivity index (χ1n) is 6.84. The van der Waals surface area contributed by atoms with E-state index in [0.717, 1.165) is 0 Å². The Balaban J connectivity index is 2.20. The molecule has 1 N–H and O–H groups in total. The van der Waals surface area contributed by atoms with E-state index in [-0.39, 0.29) is 17.7 Å². The van der Waals surface area contributed by atoms with Gasteiger partial charge in [-0.25, -0.2) is 4.39 Å². The first kappa shape index (κ1) is 16.9. The Hall–Kier alpha value is -1.17. The third-order valence-electron chi connectivity index (χ3n) is 2.71. The van der Waals surface area contributed by atoms with Crippen molar-refractivity contribution in [2.75, 3.05) is 33.4 Å². The minimum atomic E-state index is -0.532. The summed E-state index contributed by atoms with van der Waals surface area (Å²) in [5.41, 5.74) is 0. The third-order valence-corrected chi connectivity index (χ3v) is 2.71. The van der Waals surface area contributed by atoms with Crippen LogP contribution in [-0.4, -0.2) is 55.6 Å². The summed E-state index contributed by atoms with van der Waals surface area (Å²) < 4.78 is 24.0. The van der Waals surface area contributed by atoms with E-state index in [4.69, 9.17) is 9.47 Å². The number of halogens is 1. The van der Waals surface area contributed by atoms with Crippen molar-refractivity contribution in [1.82, 2.24) is 4.90 Å². The van der Waals surface area contributed by atoms with Crippen molar-refractivity contribution in [3.05, 3.63) is 30.1 Å². The van der Waals surface area contributed by atoms with Gasteiger partial charge in [0, 0.05) is 13.1 Å². The summed E-state index contributed by atoms with van der Waals surface area (Å²) in [6, 6.07) is 6.32. The van der Waals surface area contributed by atoms with Gasteiger partial charge in [0.05, 0.1) is 18.8 Å². The Morgan fingerprint density at radius 1 is 1.30 bits per heavy atom.